The molecule has 6 heterocycles. The summed E-state index contributed by atoms with van der Waals surface area (Å²) in [6, 6.07) is 0. The van der Waals surface area contributed by atoms with Crippen LogP contribution in [0.15, 0.2) is 34.9 Å². The number of imidazole rings is 1. The number of ether oxygens (including phenoxy) is 2. The van der Waals surface area contributed by atoms with Gasteiger partial charge < -0.3 is 56.1 Å². The van der Waals surface area contributed by atoms with Crippen LogP contribution in [-0.2, 0) is 76.5 Å². The van der Waals surface area contributed by atoms with Gasteiger partial charge in [0.25, 0.3) is 11.1 Å². The molecule has 0 aliphatic carbocycles. The summed E-state index contributed by atoms with van der Waals surface area (Å²) in [6.07, 6.45) is -9.02. The SMILES string of the molecule is C=CN(c1nc(N)[nH]c(=O)c1NC)[C@@H]1O[C@H](COP(=O)(OC)OP(=O)(CCc2cn(CCNP(=O)(OC)OP(=O)(OC)OC[C@H]3O[C@@H](n4cnc5c(=O)[nH]c(N)nc54)C(O)C3O)nn2)OC)C(O)C1O. The van der Waals surface area contributed by atoms with E-state index in [0.29, 0.717) is 0 Å². The van der Waals surface area contributed by atoms with E-state index < -0.39 is 111 Å². The van der Waals surface area contributed by atoms with Crippen LogP contribution < -0.4 is 37.9 Å². The highest BCUT2D eigenvalue weighted by Gasteiger charge is 2.49. The number of aliphatic hydroxyl groups excluding tert-OH is 4. The highest BCUT2D eigenvalue weighted by atomic mass is 31.3. The summed E-state index contributed by atoms with van der Waals surface area (Å²) in [6.45, 7) is 1.90. The first-order valence-corrected chi connectivity index (χ1v) is 26.5. The Bertz CT molecular complexity index is 2800. The Labute approximate surface area is 395 Å². The second-order valence-corrected chi connectivity index (χ2v) is 22.8. The van der Waals surface area contributed by atoms with Crippen molar-refractivity contribution in [2.45, 2.75) is 62.0 Å². The first-order valence-electron chi connectivity index (χ1n) is 20.3. The van der Waals surface area contributed by atoms with Crippen molar-refractivity contribution in [3.8, 4) is 0 Å². The van der Waals surface area contributed by atoms with Crippen molar-refractivity contribution in [3.63, 3.8) is 0 Å². The van der Waals surface area contributed by atoms with Gasteiger partial charge >= 0.3 is 31.0 Å². The fraction of sp³-hybridized carbons (Fsp3) is 0.594. The number of hydrogen-bond donors (Lipinski definition) is 10. The van der Waals surface area contributed by atoms with E-state index >= 15 is 0 Å². The molecule has 38 heteroatoms. The number of aliphatic hydroxyl groups is 4. The molecule has 0 amide bonds. The van der Waals surface area contributed by atoms with Crippen LogP contribution in [-0.4, -0.2) is 169 Å². The summed E-state index contributed by atoms with van der Waals surface area (Å²) < 4.78 is 109. The standard InChI is InChI=1S/C32H52N14O20P4/c1-7-45(25-19(35-2)27(51)40-31(33)38-25)29-23(49)21(47)17(63-29)13-61-69(55,59-5)65-67(53,57-3)11-8-16-12-44(43-42-16)10-9-37-68(54,58-4)66-70(56,60-6)62-14-18-22(48)24(50)30(64-18)46-15-36-20-26(46)39-32(34)41-28(20)52/h7,12,15,17-18,21-24,29-30,35,47-50H,1,8-11,13-14H2,2-6H3,(H,37,54)(H3,33,38,40,51)(H3,34,39,41,52)/t17-,18-,21?,22?,23?,24?,29-,30-,67?,68?,69?,70?/m1/s1. The van der Waals surface area contributed by atoms with Crippen molar-refractivity contribution < 1.29 is 83.9 Å². The number of hydrogen-bond acceptors (Lipinski definition) is 29. The summed E-state index contributed by atoms with van der Waals surface area (Å²) in [7, 11) is -13.0. The first-order chi connectivity index (χ1) is 33.1. The molecule has 390 valence electrons. The molecule has 2 fully saturated rings. The molecule has 12 N–H and O–H groups in total. The van der Waals surface area contributed by atoms with Gasteiger partial charge in [0.1, 0.15) is 42.3 Å². The van der Waals surface area contributed by atoms with Crippen LogP contribution in [0.2, 0.25) is 0 Å². The molecule has 0 radical (unpaired) electrons. The number of nitrogen functional groups attached to an aromatic ring is 2. The number of nitrogens with two attached hydrogens (primary N) is 2. The van der Waals surface area contributed by atoms with E-state index in [-0.39, 0.29) is 59.8 Å². The molecule has 4 aromatic heterocycles. The maximum Gasteiger partial charge on any atom is 0.482 e. The second-order valence-electron chi connectivity index (χ2n) is 14.7. The van der Waals surface area contributed by atoms with Gasteiger partial charge in [-0.25, -0.2) is 28.1 Å². The second kappa shape index (κ2) is 22.6. The molecule has 70 heavy (non-hydrogen) atoms. The first kappa shape index (κ1) is 55.0. The highest BCUT2D eigenvalue weighted by Crippen LogP contribution is 2.65. The fourth-order valence-electron chi connectivity index (χ4n) is 6.76. The van der Waals surface area contributed by atoms with E-state index in [9.17, 15) is 48.3 Å². The lowest BCUT2D eigenvalue weighted by molar-refractivity contribution is -0.0507. The monoisotopic (exact) mass is 1080 g/mol. The molecular weight excluding hydrogens is 1020 g/mol. The number of fused-ring (bicyclic) bond motifs is 1. The highest BCUT2D eigenvalue weighted by molar-refractivity contribution is 7.65. The molecule has 2 aliphatic heterocycles. The van der Waals surface area contributed by atoms with E-state index in [0.717, 1.165) is 50.4 Å². The quantitative estimate of drug-likeness (QED) is 0.0327. The van der Waals surface area contributed by atoms with E-state index in [1.807, 2.05) is 0 Å². The third-order valence-electron chi connectivity index (χ3n) is 10.3. The van der Waals surface area contributed by atoms with E-state index in [4.69, 9.17) is 56.7 Å². The van der Waals surface area contributed by atoms with Gasteiger partial charge in [-0.05, 0) is 0 Å². The molecule has 6 rings (SSSR count). The summed E-state index contributed by atoms with van der Waals surface area (Å²) in [5, 5.41) is 56.2. The van der Waals surface area contributed by atoms with Crippen molar-refractivity contribution in [3.05, 3.63) is 51.7 Å². The number of nitrogens with one attached hydrogen (secondary N) is 4. The van der Waals surface area contributed by atoms with Crippen molar-refractivity contribution >= 4 is 65.6 Å². The lowest BCUT2D eigenvalue weighted by atomic mass is 10.1. The van der Waals surface area contributed by atoms with Crippen LogP contribution in [0, 0.1) is 0 Å². The van der Waals surface area contributed by atoms with Crippen LogP contribution in [0.1, 0.15) is 11.9 Å². The number of aromatic nitrogens is 9. The number of nitrogens with zero attached hydrogens (tertiary/aromatic N) is 8. The van der Waals surface area contributed by atoms with Crippen LogP contribution >= 0.6 is 31.0 Å². The van der Waals surface area contributed by atoms with Crippen molar-refractivity contribution in [1.82, 2.24) is 49.6 Å². The Morgan fingerprint density at radius 1 is 0.871 bits per heavy atom. The molecule has 12 atom stereocenters. The normalized spacial score (nSPS) is 26.1. The Morgan fingerprint density at radius 3 is 2.13 bits per heavy atom. The van der Waals surface area contributed by atoms with Gasteiger partial charge in [-0.3, -0.25) is 56.0 Å². The van der Waals surface area contributed by atoms with Crippen molar-refractivity contribution in [1.29, 1.82) is 0 Å². The van der Waals surface area contributed by atoms with Gasteiger partial charge in [0.2, 0.25) is 11.9 Å². The van der Waals surface area contributed by atoms with Gasteiger partial charge in [-0.2, -0.15) is 14.3 Å². The number of phosphoric ester groups is 2. The minimum absolute atomic E-state index is 0.0600. The number of rotatable bonds is 26. The topological polar surface area (TPSA) is 461 Å². The number of anilines is 4. The minimum Gasteiger partial charge on any atom is -0.387 e. The molecule has 0 bridgehead atoms. The zero-order valence-electron chi connectivity index (χ0n) is 37.6. The van der Waals surface area contributed by atoms with Gasteiger partial charge in [-0.1, -0.05) is 11.8 Å². The lowest BCUT2D eigenvalue weighted by Crippen LogP contribution is -2.42. The fourth-order valence-corrected chi connectivity index (χ4v) is 13.1. The largest absolute Gasteiger partial charge is 0.482 e. The van der Waals surface area contributed by atoms with Crippen molar-refractivity contribution in [2.24, 2.45) is 0 Å². The van der Waals surface area contributed by atoms with Crippen LogP contribution in [0.5, 0.6) is 0 Å². The van der Waals surface area contributed by atoms with Crippen LogP contribution in [0.4, 0.5) is 23.4 Å². The van der Waals surface area contributed by atoms with Gasteiger partial charge in [0.05, 0.1) is 37.9 Å². The Hall–Kier alpha value is -4.37. The summed E-state index contributed by atoms with van der Waals surface area (Å²) in [5.74, 6) is -0.618. The average molecular weight is 1080 g/mol. The summed E-state index contributed by atoms with van der Waals surface area (Å²) in [4.78, 5) is 42.4. The third kappa shape index (κ3) is 12.3. The van der Waals surface area contributed by atoms with Crippen LogP contribution in [0.25, 0.3) is 11.2 Å². The molecule has 2 aliphatic rings. The molecule has 0 aromatic carbocycles. The Kier molecular flexibility index (Phi) is 17.7. The molecule has 0 spiro atoms. The van der Waals surface area contributed by atoms with E-state index in [1.54, 1.807) is 0 Å². The Morgan fingerprint density at radius 2 is 1.50 bits per heavy atom. The predicted molar refractivity (Wildman–Crippen MR) is 240 cm³/mol. The number of phosphoric acid groups is 2. The van der Waals surface area contributed by atoms with E-state index in [2.05, 4.69) is 52.2 Å². The van der Waals surface area contributed by atoms with Crippen LogP contribution in [0.3, 0.4) is 0 Å². The zero-order chi connectivity index (χ0) is 51.3. The maximum atomic E-state index is 13.7. The van der Waals surface area contributed by atoms with Gasteiger partial charge in [0.15, 0.2) is 29.4 Å². The smallest absolute Gasteiger partial charge is 0.387 e. The molecule has 34 nitrogen and oxygen atoms in total. The zero-order valence-corrected chi connectivity index (χ0v) is 41.2. The average Bonchev–Trinajstić information content (AvgIpc) is 4.10. The van der Waals surface area contributed by atoms with Gasteiger partial charge in [0, 0.05) is 60.8 Å². The molecule has 2 saturated heterocycles. The summed E-state index contributed by atoms with van der Waals surface area (Å²) in [5.41, 5.74) is 10.0. The number of aromatic amines is 2. The lowest BCUT2D eigenvalue weighted by Gasteiger charge is -2.29. The maximum absolute atomic E-state index is 13.7. The molecule has 8 unspecified atom stereocenters. The molecular formula is C32H52N14O20P4. The predicted octanol–water partition coefficient (Wildman–Crippen LogP) is -1.28. The number of aryl methyl sites for hydroxylation is 1. The minimum atomic E-state index is -4.75. The molecule has 0 saturated carbocycles. The molecule has 4 aromatic rings. The Balaban J connectivity index is 0.985. The van der Waals surface area contributed by atoms with E-state index in [1.165, 1.54) is 17.9 Å². The number of H-pyrrole nitrogens is 2. The third-order valence-corrected chi connectivity index (χ3v) is 18.0. The summed E-state index contributed by atoms with van der Waals surface area (Å²) >= 11 is 0. The van der Waals surface area contributed by atoms with Crippen molar-refractivity contribution in [2.75, 3.05) is 83.1 Å². The van der Waals surface area contributed by atoms with Gasteiger partial charge in [-0.15, -0.1) is 5.10 Å².